The van der Waals surface area contributed by atoms with E-state index >= 15 is 0 Å². The molecule has 1 aliphatic heterocycles. The van der Waals surface area contributed by atoms with Gasteiger partial charge in [0, 0.05) is 25.6 Å². The molecule has 0 spiro atoms. The molecule has 4 heteroatoms. The lowest BCUT2D eigenvalue weighted by Crippen LogP contribution is -2.46. The maximum atomic E-state index is 10.5. The van der Waals surface area contributed by atoms with Crippen molar-refractivity contribution in [2.45, 2.75) is 44.9 Å². The van der Waals surface area contributed by atoms with E-state index in [2.05, 4.69) is 24.4 Å². The number of hydrogen-bond acceptors (Lipinski definition) is 4. The molecule has 4 nitrogen and oxygen atoms in total. The number of benzene rings is 1. The predicted octanol–water partition coefficient (Wildman–Crippen LogP) is 2.28. The monoisotopic (exact) mass is 279 g/mol. The molecule has 3 unspecified atom stereocenters. The van der Waals surface area contributed by atoms with Crippen molar-refractivity contribution in [3.63, 3.8) is 0 Å². The fourth-order valence-corrected chi connectivity index (χ4v) is 2.47. The van der Waals surface area contributed by atoms with Crippen LogP contribution in [0.4, 0.5) is 0 Å². The van der Waals surface area contributed by atoms with Crippen LogP contribution < -0.4 is 10.1 Å². The van der Waals surface area contributed by atoms with Gasteiger partial charge in [0.1, 0.15) is 11.4 Å². The average Bonchev–Trinajstić information content (AvgIpc) is 2.78. The Balaban J connectivity index is 1.89. The van der Waals surface area contributed by atoms with E-state index in [-0.39, 0.29) is 12.1 Å². The summed E-state index contributed by atoms with van der Waals surface area (Å²) in [5.41, 5.74) is 0.433. The van der Waals surface area contributed by atoms with E-state index in [1.54, 1.807) is 0 Å². The molecule has 112 valence electrons. The highest BCUT2D eigenvalue weighted by molar-refractivity contribution is 5.29. The topological polar surface area (TPSA) is 50.7 Å². The van der Waals surface area contributed by atoms with Gasteiger partial charge < -0.3 is 19.9 Å². The normalized spacial score (nSPS) is 27.5. The summed E-state index contributed by atoms with van der Waals surface area (Å²) in [5.74, 6) is 0.889. The van der Waals surface area contributed by atoms with Gasteiger partial charge in [0.25, 0.3) is 0 Å². The molecule has 0 bridgehead atoms. The fourth-order valence-electron chi connectivity index (χ4n) is 2.47. The molecule has 1 aromatic carbocycles. The van der Waals surface area contributed by atoms with Crippen molar-refractivity contribution in [3.05, 3.63) is 29.8 Å². The second-order valence-corrected chi connectivity index (χ2v) is 5.47. The molecular formula is C16H25NO3. The van der Waals surface area contributed by atoms with E-state index in [9.17, 15) is 5.11 Å². The third-order valence-corrected chi connectivity index (χ3v) is 4.07. The van der Waals surface area contributed by atoms with Gasteiger partial charge in [0.15, 0.2) is 0 Å². The first-order valence-electron chi connectivity index (χ1n) is 7.35. The Morgan fingerprint density at radius 3 is 2.70 bits per heavy atom. The van der Waals surface area contributed by atoms with Crippen LogP contribution in [0.5, 0.6) is 5.75 Å². The molecule has 2 N–H and O–H groups in total. The molecule has 20 heavy (non-hydrogen) atoms. The van der Waals surface area contributed by atoms with Gasteiger partial charge in [-0.1, -0.05) is 12.1 Å². The molecule has 1 aliphatic rings. The van der Waals surface area contributed by atoms with Crippen LogP contribution in [0, 0.1) is 0 Å². The highest BCUT2D eigenvalue weighted by Gasteiger charge is 2.39. The minimum Gasteiger partial charge on any atom is -0.494 e. The highest BCUT2D eigenvalue weighted by Crippen LogP contribution is 2.26. The van der Waals surface area contributed by atoms with Crippen molar-refractivity contribution in [2.75, 3.05) is 19.8 Å². The maximum absolute atomic E-state index is 10.5. The van der Waals surface area contributed by atoms with Gasteiger partial charge in [-0.05, 0) is 38.5 Å². The smallest absolute Gasteiger partial charge is 0.119 e. The summed E-state index contributed by atoms with van der Waals surface area (Å²) in [7, 11) is 0. The maximum Gasteiger partial charge on any atom is 0.119 e. The average molecular weight is 279 g/mol. The van der Waals surface area contributed by atoms with Crippen molar-refractivity contribution >= 4 is 0 Å². The summed E-state index contributed by atoms with van der Waals surface area (Å²) in [6, 6.07) is 8.25. The van der Waals surface area contributed by atoms with E-state index in [1.165, 1.54) is 5.56 Å². The van der Waals surface area contributed by atoms with Gasteiger partial charge in [-0.2, -0.15) is 0 Å². The van der Waals surface area contributed by atoms with Crippen LogP contribution in [0.1, 0.15) is 38.8 Å². The minimum atomic E-state index is -0.750. The van der Waals surface area contributed by atoms with E-state index in [4.69, 9.17) is 9.47 Å². The van der Waals surface area contributed by atoms with Crippen LogP contribution in [0.25, 0.3) is 0 Å². The van der Waals surface area contributed by atoms with Crippen LogP contribution in [0.3, 0.4) is 0 Å². The van der Waals surface area contributed by atoms with Gasteiger partial charge >= 0.3 is 0 Å². The Kier molecular flexibility index (Phi) is 5.02. The number of ether oxygens (including phenoxy) is 2. The molecule has 0 aliphatic carbocycles. The van der Waals surface area contributed by atoms with Crippen LogP contribution >= 0.6 is 0 Å². The summed E-state index contributed by atoms with van der Waals surface area (Å²) in [5, 5.41) is 13.9. The standard InChI is InChI=1S/C16H25NO3/c1-4-19-15-7-5-14(6-8-15)12(2)17-11-16(18)9-10-20-13(16)3/h5-8,12-13,17-18H,4,9-11H2,1-3H3. The molecule has 1 saturated heterocycles. The first-order chi connectivity index (χ1) is 9.55. The second-order valence-electron chi connectivity index (χ2n) is 5.47. The molecule has 3 atom stereocenters. The molecule has 0 radical (unpaired) electrons. The van der Waals surface area contributed by atoms with E-state index < -0.39 is 5.60 Å². The van der Waals surface area contributed by atoms with Crippen molar-refractivity contribution in [1.82, 2.24) is 5.32 Å². The van der Waals surface area contributed by atoms with Crippen molar-refractivity contribution in [1.29, 1.82) is 0 Å². The number of nitrogens with one attached hydrogen (secondary N) is 1. The Morgan fingerprint density at radius 1 is 1.45 bits per heavy atom. The Bertz CT molecular complexity index is 420. The molecule has 0 saturated carbocycles. The van der Waals surface area contributed by atoms with Gasteiger partial charge in [0.2, 0.25) is 0 Å². The minimum absolute atomic E-state index is 0.109. The van der Waals surface area contributed by atoms with E-state index in [1.807, 2.05) is 26.0 Å². The van der Waals surface area contributed by atoms with Gasteiger partial charge in [0.05, 0.1) is 12.7 Å². The predicted molar refractivity (Wildman–Crippen MR) is 79.0 cm³/mol. The highest BCUT2D eigenvalue weighted by atomic mass is 16.5. The summed E-state index contributed by atoms with van der Waals surface area (Å²) in [6.07, 6.45) is 0.583. The first kappa shape index (κ1) is 15.3. The zero-order chi connectivity index (χ0) is 14.6. The van der Waals surface area contributed by atoms with Gasteiger partial charge in [-0.3, -0.25) is 0 Å². The van der Waals surface area contributed by atoms with Crippen LogP contribution in [-0.4, -0.2) is 36.6 Å². The number of aliphatic hydroxyl groups is 1. The van der Waals surface area contributed by atoms with Crippen molar-refractivity contribution in [3.8, 4) is 5.75 Å². The lowest BCUT2D eigenvalue weighted by Gasteiger charge is -2.28. The van der Waals surface area contributed by atoms with Crippen molar-refractivity contribution < 1.29 is 14.6 Å². The fraction of sp³-hybridized carbons (Fsp3) is 0.625. The summed E-state index contributed by atoms with van der Waals surface area (Å²) in [4.78, 5) is 0. The van der Waals surface area contributed by atoms with Crippen LogP contribution in [0.15, 0.2) is 24.3 Å². The Morgan fingerprint density at radius 2 is 2.15 bits per heavy atom. The van der Waals surface area contributed by atoms with Crippen LogP contribution in [-0.2, 0) is 4.74 Å². The van der Waals surface area contributed by atoms with Gasteiger partial charge in [-0.15, -0.1) is 0 Å². The molecule has 1 fully saturated rings. The number of hydrogen-bond donors (Lipinski definition) is 2. The number of rotatable bonds is 6. The lowest BCUT2D eigenvalue weighted by atomic mass is 9.96. The zero-order valence-corrected chi connectivity index (χ0v) is 12.6. The molecule has 1 heterocycles. The zero-order valence-electron chi connectivity index (χ0n) is 12.6. The van der Waals surface area contributed by atoms with Crippen LogP contribution in [0.2, 0.25) is 0 Å². The second kappa shape index (κ2) is 6.57. The largest absolute Gasteiger partial charge is 0.494 e. The molecular weight excluding hydrogens is 254 g/mol. The summed E-state index contributed by atoms with van der Waals surface area (Å²) >= 11 is 0. The molecule has 2 rings (SSSR count). The summed E-state index contributed by atoms with van der Waals surface area (Å²) in [6.45, 7) is 7.86. The molecule has 0 aromatic heterocycles. The van der Waals surface area contributed by atoms with Crippen molar-refractivity contribution in [2.24, 2.45) is 0 Å². The van der Waals surface area contributed by atoms with Gasteiger partial charge in [-0.25, -0.2) is 0 Å². The lowest BCUT2D eigenvalue weighted by molar-refractivity contribution is -0.0274. The van der Waals surface area contributed by atoms with E-state index in [0.29, 0.717) is 26.2 Å². The summed E-state index contributed by atoms with van der Waals surface area (Å²) < 4.78 is 10.9. The SMILES string of the molecule is CCOc1ccc(C(C)NCC2(O)CCOC2C)cc1. The third kappa shape index (κ3) is 3.51. The quantitative estimate of drug-likeness (QED) is 0.839. The Labute approximate surface area is 121 Å². The molecule has 0 amide bonds. The first-order valence-corrected chi connectivity index (χ1v) is 7.35. The van der Waals surface area contributed by atoms with E-state index in [0.717, 1.165) is 5.75 Å². The third-order valence-electron chi connectivity index (χ3n) is 4.07. The molecule has 1 aromatic rings. The Hall–Kier alpha value is -1.10.